The van der Waals surface area contributed by atoms with Crippen molar-refractivity contribution in [3.8, 4) is 0 Å². The van der Waals surface area contributed by atoms with Crippen LogP contribution in [0.15, 0.2) is 23.8 Å². The molecule has 0 bridgehead atoms. The maximum Gasteiger partial charge on any atom is -0.0169 e. The maximum atomic E-state index is 4.32. The van der Waals surface area contributed by atoms with Crippen molar-refractivity contribution in [1.82, 2.24) is 0 Å². The van der Waals surface area contributed by atoms with Gasteiger partial charge in [-0.2, -0.15) is 0 Å². The molecule has 0 spiro atoms. The first-order chi connectivity index (χ1) is 6.98. The van der Waals surface area contributed by atoms with Crippen LogP contribution in [0.4, 0.5) is 0 Å². The Kier molecular flexibility index (Phi) is 2.79. The molecule has 2 aliphatic rings. The molecular formula is C15H24. The Labute approximate surface area is 94.5 Å². The summed E-state index contributed by atoms with van der Waals surface area (Å²) in [6.07, 6.45) is 8.92. The Bertz CT molecular complexity index is 293. The van der Waals surface area contributed by atoms with Crippen molar-refractivity contribution in [3.05, 3.63) is 23.8 Å². The van der Waals surface area contributed by atoms with Gasteiger partial charge in [0.1, 0.15) is 0 Å². The average molecular weight is 204 g/mol. The molecule has 0 heterocycles. The van der Waals surface area contributed by atoms with Gasteiger partial charge < -0.3 is 0 Å². The summed E-state index contributed by atoms with van der Waals surface area (Å²) in [5, 5.41) is 0. The monoisotopic (exact) mass is 204 g/mol. The van der Waals surface area contributed by atoms with Crippen molar-refractivity contribution >= 4 is 0 Å². The lowest BCUT2D eigenvalue weighted by atomic mass is 9.81. The van der Waals surface area contributed by atoms with E-state index in [1.807, 2.05) is 0 Å². The van der Waals surface area contributed by atoms with E-state index in [0.29, 0.717) is 5.41 Å². The van der Waals surface area contributed by atoms with E-state index in [4.69, 9.17) is 0 Å². The van der Waals surface area contributed by atoms with Gasteiger partial charge in [-0.25, -0.2) is 0 Å². The van der Waals surface area contributed by atoms with E-state index in [-0.39, 0.29) is 0 Å². The lowest BCUT2D eigenvalue weighted by molar-refractivity contribution is 0.359. The van der Waals surface area contributed by atoms with Crippen LogP contribution in [-0.4, -0.2) is 0 Å². The Morgan fingerprint density at radius 1 is 1.33 bits per heavy atom. The first-order valence-electron chi connectivity index (χ1n) is 6.31. The number of fused-ring (bicyclic) bond motifs is 1. The molecular weight excluding hydrogens is 180 g/mol. The summed E-state index contributed by atoms with van der Waals surface area (Å²) in [7, 11) is 0. The van der Waals surface area contributed by atoms with Gasteiger partial charge in [0.25, 0.3) is 0 Å². The standard InChI is InChI=1S/C15H24/c1-11-6-5-7-12(2)14-10-15(3,4)9-13(14)8-11/h6,13-14H,2,5,7-10H2,1,3-4H3/b11-6-/t13-,14-/m1/s1. The largest absolute Gasteiger partial charge is 0.0996 e. The van der Waals surface area contributed by atoms with Crippen molar-refractivity contribution in [2.24, 2.45) is 17.3 Å². The molecule has 84 valence electrons. The number of hydrogen-bond acceptors (Lipinski definition) is 0. The zero-order chi connectivity index (χ0) is 11.1. The van der Waals surface area contributed by atoms with Crippen molar-refractivity contribution in [1.29, 1.82) is 0 Å². The third kappa shape index (κ3) is 2.35. The van der Waals surface area contributed by atoms with Crippen molar-refractivity contribution < 1.29 is 0 Å². The van der Waals surface area contributed by atoms with Crippen LogP contribution >= 0.6 is 0 Å². The van der Waals surface area contributed by atoms with Gasteiger partial charge in [-0.3, -0.25) is 0 Å². The fraction of sp³-hybridized carbons (Fsp3) is 0.733. The summed E-state index contributed by atoms with van der Waals surface area (Å²) in [5.41, 5.74) is 3.67. The molecule has 0 heteroatoms. The highest BCUT2D eigenvalue weighted by atomic mass is 14.4. The minimum absolute atomic E-state index is 0.545. The molecule has 0 unspecified atom stereocenters. The fourth-order valence-corrected chi connectivity index (χ4v) is 3.58. The predicted octanol–water partition coefficient (Wildman–Crippen LogP) is 4.73. The summed E-state index contributed by atoms with van der Waals surface area (Å²) < 4.78 is 0. The van der Waals surface area contributed by atoms with E-state index in [1.165, 1.54) is 37.7 Å². The highest BCUT2D eigenvalue weighted by Gasteiger charge is 2.40. The maximum absolute atomic E-state index is 4.32. The van der Waals surface area contributed by atoms with Gasteiger partial charge in [0.2, 0.25) is 0 Å². The van der Waals surface area contributed by atoms with Crippen LogP contribution < -0.4 is 0 Å². The minimum atomic E-state index is 0.545. The predicted molar refractivity (Wildman–Crippen MR) is 66.7 cm³/mol. The molecule has 0 aliphatic heterocycles. The molecule has 0 saturated heterocycles. The van der Waals surface area contributed by atoms with Gasteiger partial charge in [-0.05, 0) is 56.3 Å². The van der Waals surface area contributed by atoms with E-state index >= 15 is 0 Å². The second-order valence-corrected chi connectivity index (χ2v) is 6.39. The number of rotatable bonds is 0. The molecule has 1 saturated carbocycles. The third-order valence-electron chi connectivity index (χ3n) is 4.22. The molecule has 0 amide bonds. The van der Waals surface area contributed by atoms with Gasteiger partial charge in [0.15, 0.2) is 0 Å². The summed E-state index contributed by atoms with van der Waals surface area (Å²) in [6, 6.07) is 0. The molecule has 2 rings (SSSR count). The Morgan fingerprint density at radius 2 is 2.07 bits per heavy atom. The topological polar surface area (TPSA) is 0 Å². The smallest absolute Gasteiger partial charge is 0.0169 e. The average Bonchev–Trinajstić information content (AvgIpc) is 2.39. The number of hydrogen-bond donors (Lipinski definition) is 0. The Hall–Kier alpha value is -0.520. The molecule has 1 fully saturated rings. The van der Waals surface area contributed by atoms with Crippen LogP contribution in [0.25, 0.3) is 0 Å². The molecule has 2 atom stereocenters. The van der Waals surface area contributed by atoms with Gasteiger partial charge in [0, 0.05) is 0 Å². The molecule has 0 nitrogen and oxygen atoms in total. The molecule has 0 aromatic heterocycles. The molecule has 2 aliphatic carbocycles. The summed E-state index contributed by atoms with van der Waals surface area (Å²) in [6.45, 7) is 11.5. The Morgan fingerprint density at radius 3 is 2.80 bits per heavy atom. The first kappa shape index (κ1) is 11.0. The van der Waals surface area contributed by atoms with E-state index in [0.717, 1.165) is 11.8 Å². The van der Waals surface area contributed by atoms with Gasteiger partial charge >= 0.3 is 0 Å². The highest BCUT2D eigenvalue weighted by molar-refractivity contribution is 5.15. The van der Waals surface area contributed by atoms with Crippen molar-refractivity contribution in [2.75, 3.05) is 0 Å². The molecule has 0 N–H and O–H groups in total. The summed E-state index contributed by atoms with van der Waals surface area (Å²) in [4.78, 5) is 0. The normalized spacial score (nSPS) is 38.9. The van der Waals surface area contributed by atoms with E-state index < -0.39 is 0 Å². The SMILES string of the molecule is C=C1CC/C=C(/C)C[C@@H]2CC(C)(C)C[C@H]12. The second-order valence-electron chi connectivity index (χ2n) is 6.39. The quantitative estimate of drug-likeness (QED) is 0.501. The second kappa shape index (κ2) is 3.81. The van der Waals surface area contributed by atoms with E-state index in [9.17, 15) is 0 Å². The molecule has 15 heavy (non-hydrogen) atoms. The van der Waals surface area contributed by atoms with Crippen LogP contribution in [0.3, 0.4) is 0 Å². The van der Waals surface area contributed by atoms with Gasteiger partial charge in [-0.1, -0.05) is 37.6 Å². The summed E-state index contributed by atoms with van der Waals surface area (Å²) >= 11 is 0. The molecule has 0 aromatic rings. The van der Waals surface area contributed by atoms with Gasteiger partial charge in [0.05, 0.1) is 0 Å². The Balaban J connectivity index is 2.20. The van der Waals surface area contributed by atoms with Crippen LogP contribution in [0.2, 0.25) is 0 Å². The van der Waals surface area contributed by atoms with E-state index in [2.05, 4.69) is 33.4 Å². The van der Waals surface area contributed by atoms with Crippen LogP contribution in [0, 0.1) is 17.3 Å². The van der Waals surface area contributed by atoms with Crippen LogP contribution in [0.5, 0.6) is 0 Å². The lowest BCUT2D eigenvalue weighted by Gasteiger charge is -2.24. The van der Waals surface area contributed by atoms with Crippen LogP contribution in [0.1, 0.15) is 52.9 Å². The van der Waals surface area contributed by atoms with E-state index in [1.54, 1.807) is 5.57 Å². The third-order valence-corrected chi connectivity index (χ3v) is 4.22. The van der Waals surface area contributed by atoms with Gasteiger partial charge in [-0.15, -0.1) is 0 Å². The van der Waals surface area contributed by atoms with Crippen molar-refractivity contribution in [3.63, 3.8) is 0 Å². The highest BCUT2D eigenvalue weighted by Crippen LogP contribution is 2.51. The fourth-order valence-electron chi connectivity index (χ4n) is 3.58. The zero-order valence-electron chi connectivity index (χ0n) is 10.5. The summed E-state index contributed by atoms with van der Waals surface area (Å²) in [5.74, 6) is 1.69. The zero-order valence-corrected chi connectivity index (χ0v) is 10.5. The van der Waals surface area contributed by atoms with Crippen molar-refractivity contribution in [2.45, 2.75) is 52.9 Å². The minimum Gasteiger partial charge on any atom is -0.0996 e. The number of allylic oxidation sites excluding steroid dienone is 3. The first-order valence-corrected chi connectivity index (χ1v) is 6.31. The lowest BCUT2D eigenvalue weighted by Crippen LogP contribution is -2.12. The molecule has 0 radical (unpaired) electrons. The van der Waals surface area contributed by atoms with Crippen LogP contribution in [-0.2, 0) is 0 Å². The molecule has 0 aromatic carbocycles.